The molecule has 0 N–H and O–H groups in total. The molecule has 0 aliphatic rings. The fraction of sp³-hybridized carbons (Fsp3) is 0.556. The molecule has 6 nitrogen and oxygen atoms in total. The predicted molar refractivity (Wildman–Crippen MR) is 52.2 cm³/mol. The van der Waals surface area contributed by atoms with Crippen LogP contribution in [0.5, 0.6) is 0 Å². The zero-order valence-electron chi connectivity index (χ0n) is 9.01. The van der Waals surface area contributed by atoms with Crippen LogP contribution in [0, 0.1) is 6.92 Å². The summed E-state index contributed by atoms with van der Waals surface area (Å²) in [6.07, 6.45) is 1.89. The van der Waals surface area contributed by atoms with Gasteiger partial charge in [-0.15, -0.1) is 15.3 Å². The van der Waals surface area contributed by atoms with Crippen molar-refractivity contribution < 1.29 is 4.42 Å². The summed E-state index contributed by atoms with van der Waals surface area (Å²) < 4.78 is 6.94. The van der Waals surface area contributed by atoms with E-state index in [1.807, 2.05) is 6.20 Å². The number of hydrogen-bond donors (Lipinski definition) is 0. The number of aromatic nitrogens is 5. The van der Waals surface area contributed by atoms with Crippen LogP contribution in [0.4, 0.5) is 0 Å². The van der Waals surface area contributed by atoms with Crippen LogP contribution in [-0.4, -0.2) is 25.2 Å². The molecule has 0 saturated carbocycles. The van der Waals surface area contributed by atoms with Crippen molar-refractivity contribution in [2.75, 3.05) is 0 Å². The van der Waals surface area contributed by atoms with Crippen LogP contribution in [0.25, 0.3) is 0 Å². The minimum Gasteiger partial charge on any atom is -0.424 e. The highest BCUT2D eigenvalue weighted by atomic mass is 16.4. The SMILES string of the molecule is Cc1nnc(Cn2cc(C(C)C)nn2)o1. The first-order valence-corrected chi connectivity index (χ1v) is 4.84. The van der Waals surface area contributed by atoms with Gasteiger partial charge in [-0.3, -0.25) is 0 Å². The van der Waals surface area contributed by atoms with Gasteiger partial charge in [-0.1, -0.05) is 19.1 Å². The Bertz CT molecular complexity index is 445. The minimum atomic E-state index is 0.378. The number of rotatable bonds is 3. The minimum absolute atomic E-state index is 0.378. The maximum atomic E-state index is 5.25. The van der Waals surface area contributed by atoms with Gasteiger partial charge in [0, 0.05) is 13.1 Å². The lowest BCUT2D eigenvalue weighted by atomic mass is 10.2. The maximum absolute atomic E-state index is 5.25. The summed E-state index contributed by atoms with van der Waals surface area (Å²) in [5.74, 6) is 1.49. The lowest BCUT2D eigenvalue weighted by Gasteiger charge is -1.95. The van der Waals surface area contributed by atoms with Gasteiger partial charge in [0.1, 0.15) is 6.54 Å². The first-order chi connectivity index (χ1) is 7.15. The van der Waals surface area contributed by atoms with Gasteiger partial charge in [-0.25, -0.2) is 4.68 Å². The van der Waals surface area contributed by atoms with Crippen molar-refractivity contribution >= 4 is 0 Å². The molecule has 0 aliphatic heterocycles. The number of aryl methyl sites for hydroxylation is 1. The van der Waals surface area contributed by atoms with Gasteiger partial charge in [-0.2, -0.15) is 0 Å². The van der Waals surface area contributed by atoms with Crippen LogP contribution in [0.15, 0.2) is 10.6 Å². The van der Waals surface area contributed by atoms with Gasteiger partial charge >= 0.3 is 0 Å². The van der Waals surface area contributed by atoms with Crippen LogP contribution in [0.3, 0.4) is 0 Å². The van der Waals surface area contributed by atoms with Crippen LogP contribution >= 0.6 is 0 Å². The van der Waals surface area contributed by atoms with Crippen LogP contribution < -0.4 is 0 Å². The molecule has 0 radical (unpaired) electrons. The fourth-order valence-corrected chi connectivity index (χ4v) is 1.20. The zero-order valence-corrected chi connectivity index (χ0v) is 9.01. The van der Waals surface area contributed by atoms with E-state index in [1.54, 1.807) is 11.6 Å². The second-order valence-electron chi connectivity index (χ2n) is 3.71. The third kappa shape index (κ3) is 2.20. The number of nitrogens with zero attached hydrogens (tertiary/aromatic N) is 5. The summed E-state index contributed by atoms with van der Waals surface area (Å²) in [7, 11) is 0. The van der Waals surface area contributed by atoms with Gasteiger partial charge in [0.05, 0.1) is 5.69 Å². The summed E-state index contributed by atoms with van der Waals surface area (Å²) >= 11 is 0. The molecule has 0 fully saturated rings. The molecule has 2 aromatic heterocycles. The van der Waals surface area contributed by atoms with E-state index in [0.29, 0.717) is 24.2 Å². The Labute approximate surface area is 87.3 Å². The topological polar surface area (TPSA) is 69.6 Å². The largest absolute Gasteiger partial charge is 0.424 e. The summed E-state index contributed by atoms with van der Waals surface area (Å²) in [6, 6.07) is 0. The molecule has 2 aromatic rings. The molecule has 0 aliphatic carbocycles. The first kappa shape index (κ1) is 9.82. The average molecular weight is 207 g/mol. The monoisotopic (exact) mass is 207 g/mol. The molecule has 0 unspecified atom stereocenters. The van der Waals surface area contributed by atoms with E-state index in [-0.39, 0.29) is 0 Å². The normalized spacial score (nSPS) is 11.2. The van der Waals surface area contributed by atoms with Crippen LogP contribution in [-0.2, 0) is 6.54 Å². The van der Waals surface area contributed by atoms with Gasteiger partial charge in [0.15, 0.2) is 0 Å². The molecule has 0 saturated heterocycles. The van der Waals surface area contributed by atoms with E-state index in [4.69, 9.17) is 4.42 Å². The smallest absolute Gasteiger partial charge is 0.237 e. The van der Waals surface area contributed by atoms with Crippen molar-refractivity contribution in [3.8, 4) is 0 Å². The Balaban J connectivity index is 2.11. The fourth-order valence-electron chi connectivity index (χ4n) is 1.20. The Hall–Kier alpha value is -1.72. The lowest BCUT2D eigenvalue weighted by Crippen LogP contribution is -2.00. The molecular formula is C9H13N5O. The first-order valence-electron chi connectivity index (χ1n) is 4.84. The lowest BCUT2D eigenvalue weighted by molar-refractivity contribution is 0.441. The summed E-state index contributed by atoms with van der Waals surface area (Å²) in [6.45, 7) is 6.38. The Kier molecular flexibility index (Phi) is 2.49. The van der Waals surface area contributed by atoms with E-state index in [0.717, 1.165) is 5.69 Å². The summed E-state index contributed by atoms with van der Waals surface area (Å²) in [5, 5.41) is 15.7. The van der Waals surface area contributed by atoms with Crippen molar-refractivity contribution in [3.63, 3.8) is 0 Å². The highest BCUT2D eigenvalue weighted by molar-refractivity contribution is 4.98. The van der Waals surface area contributed by atoms with Crippen LogP contribution in [0.2, 0.25) is 0 Å². The van der Waals surface area contributed by atoms with E-state index in [9.17, 15) is 0 Å². The Morgan fingerprint density at radius 2 is 2.13 bits per heavy atom. The second kappa shape index (κ2) is 3.80. The molecule has 15 heavy (non-hydrogen) atoms. The molecule has 2 rings (SSSR count). The highest BCUT2D eigenvalue weighted by Crippen LogP contribution is 2.09. The second-order valence-corrected chi connectivity index (χ2v) is 3.71. The van der Waals surface area contributed by atoms with Gasteiger partial charge < -0.3 is 4.42 Å². The highest BCUT2D eigenvalue weighted by Gasteiger charge is 2.07. The Morgan fingerprint density at radius 1 is 1.33 bits per heavy atom. The quantitative estimate of drug-likeness (QED) is 0.754. The summed E-state index contributed by atoms with van der Waals surface area (Å²) in [4.78, 5) is 0. The summed E-state index contributed by atoms with van der Waals surface area (Å²) in [5.41, 5.74) is 0.964. The van der Waals surface area contributed by atoms with E-state index >= 15 is 0 Å². The zero-order chi connectivity index (χ0) is 10.8. The molecule has 0 atom stereocenters. The van der Waals surface area contributed by atoms with Crippen LogP contribution in [0.1, 0.15) is 37.2 Å². The van der Waals surface area contributed by atoms with E-state index in [2.05, 4.69) is 34.4 Å². The van der Waals surface area contributed by atoms with Gasteiger partial charge in [0.25, 0.3) is 0 Å². The molecule has 2 heterocycles. The van der Waals surface area contributed by atoms with Crippen molar-refractivity contribution in [1.29, 1.82) is 0 Å². The van der Waals surface area contributed by atoms with Crippen molar-refractivity contribution in [2.24, 2.45) is 0 Å². The molecule has 6 heteroatoms. The maximum Gasteiger partial charge on any atom is 0.237 e. The third-order valence-electron chi connectivity index (χ3n) is 2.01. The number of hydrogen-bond acceptors (Lipinski definition) is 5. The molecule has 80 valence electrons. The van der Waals surface area contributed by atoms with Gasteiger partial charge in [-0.05, 0) is 5.92 Å². The average Bonchev–Trinajstić information content (AvgIpc) is 2.76. The molecule has 0 bridgehead atoms. The molecule has 0 amide bonds. The molecule has 0 spiro atoms. The standard InChI is InChI=1S/C9H13N5O/c1-6(2)8-4-14(13-11-8)5-9-12-10-7(3)15-9/h4,6H,5H2,1-3H3. The van der Waals surface area contributed by atoms with E-state index in [1.165, 1.54) is 0 Å². The Morgan fingerprint density at radius 3 is 2.67 bits per heavy atom. The third-order valence-corrected chi connectivity index (χ3v) is 2.01. The molecule has 0 aromatic carbocycles. The van der Waals surface area contributed by atoms with Crippen molar-refractivity contribution in [2.45, 2.75) is 33.2 Å². The molecular weight excluding hydrogens is 194 g/mol. The predicted octanol–water partition coefficient (Wildman–Crippen LogP) is 1.14. The van der Waals surface area contributed by atoms with Crippen molar-refractivity contribution in [3.05, 3.63) is 23.7 Å². The van der Waals surface area contributed by atoms with E-state index < -0.39 is 0 Å². The van der Waals surface area contributed by atoms with Crippen molar-refractivity contribution in [1.82, 2.24) is 25.2 Å². The van der Waals surface area contributed by atoms with Gasteiger partial charge in [0.2, 0.25) is 11.8 Å².